The van der Waals surface area contributed by atoms with Gasteiger partial charge in [0.25, 0.3) is 0 Å². The number of ether oxygens (including phenoxy) is 3. The van der Waals surface area contributed by atoms with Crippen LogP contribution >= 0.6 is 0 Å². The summed E-state index contributed by atoms with van der Waals surface area (Å²) in [7, 11) is 0. The molecule has 35 heavy (non-hydrogen) atoms. The number of morpholine rings is 1. The Morgan fingerprint density at radius 2 is 2.00 bits per heavy atom. The summed E-state index contributed by atoms with van der Waals surface area (Å²) in [5.41, 5.74) is -1.91. The normalized spacial score (nSPS) is 34.2. The Kier molecular flexibility index (Phi) is 7.85. The molecule has 0 aromatic rings. The van der Waals surface area contributed by atoms with Gasteiger partial charge in [0.15, 0.2) is 0 Å². The molecule has 4 aliphatic heterocycles. The maximum atomic E-state index is 14.1. The smallest absolute Gasteiger partial charge is 0.312 e. The minimum Gasteiger partial charge on any atom is -0.466 e. The molecule has 1 spiro atoms. The van der Waals surface area contributed by atoms with Crippen LogP contribution < -0.4 is 0 Å². The fraction of sp³-hybridized carbons (Fsp3) is 0.800. The van der Waals surface area contributed by atoms with Crippen molar-refractivity contribution in [3.05, 3.63) is 12.7 Å². The van der Waals surface area contributed by atoms with E-state index in [1.165, 1.54) is 4.90 Å². The Labute approximate surface area is 207 Å². The number of carbonyl (C=O) groups is 3. The highest BCUT2D eigenvalue weighted by atomic mass is 16.6. The van der Waals surface area contributed by atoms with Crippen LogP contribution in [0, 0.1) is 11.8 Å². The SMILES string of the molecule is C=CCN(CCN1CCOCC1)C(=O)C1N(CCO)C(=O)[C@@H]2[C@H](C(=O)OCC)[C@]3(CC)CCC12O3. The summed E-state index contributed by atoms with van der Waals surface area (Å²) in [4.78, 5) is 46.4. The first-order chi connectivity index (χ1) is 16.9. The van der Waals surface area contributed by atoms with Crippen molar-refractivity contribution in [3.8, 4) is 0 Å². The van der Waals surface area contributed by atoms with Crippen LogP contribution in [0.15, 0.2) is 12.7 Å². The molecule has 0 saturated carbocycles. The van der Waals surface area contributed by atoms with Crippen molar-refractivity contribution in [2.45, 2.75) is 50.4 Å². The van der Waals surface area contributed by atoms with Gasteiger partial charge in [0.05, 0.1) is 37.9 Å². The Balaban J connectivity index is 1.65. The molecule has 5 atom stereocenters. The average Bonchev–Trinajstić information content (AvgIpc) is 3.46. The number of hydrogen-bond acceptors (Lipinski definition) is 8. The third-order valence-corrected chi connectivity index (χ3v) is 8.25. The van der Waals surface area contributed by atoms with Crippen LogP contribution in [-0.2, 0) is 28.6 Å². The number of carbonyl (C=O) groups excluding carboxylic acids is 3. The van der Waals surface area contributed by atoms with Crippen molar-refractivity contribution in [2.24, 2.45) is 11.8 Å². The second kappa shape index (κ2) is 10.5. The molecule has 2 amide bonds. The van der Waals surface area contributed by atoms with Crippen LogP contribution in [-0.4, -0.2) is 121 Å². The molecular formula is C25H39N3O7. The van der Waals surface area contributed by atoms with Crippen LogP contribution in [0.3, 0.4) is 0 Å². The average molecular weight is 494 g/mol. The Bertz CT molecular complexity index is 832. The summed E-state index contributed by atoms with van der Waals surface area (Å²) >= 11 is 0. The third-order valence-electron chi connectivity index (χ3n) is 8.25. The first-order valence-corrected chi connectivity index (χ1v) is 12.9. The summed E-state index contributed by atoms with van der Waals surface area (Å²) in [6.45, 7) is 11.9. The first-order valence-electron chi connectivity index (χ1n) is 12.9. The number of nitrogens with zero attached hydrogens (tertiary/aromatic N) is 3. The fourth-order valence-electron chi connectivity index (χ4n) is 6.64. The summed E-state index contributed by atoms with van der Waals surface area (Å²) in [6.07, 6.45) is 3.33. The van der Waals surface area contributed by atoms with E-state index in [2.05, 4.69) is 11.5 Å². The van der Waals surface area contributed by atoms with Gasteiger partial charge in [-0.05, 0) is 26.2 Å². The number of esters is 1. The molecule has 4 aliphatic rings. The quantitative estimate of drug-likeness (QED) is 0.318. The number of rotatable bonds is 11. The van der Waals surface area contributed by atoms with Crippen LogP contribution in [0.4, 0.5) is 0 Å². The zero-order chi connectivity index (χ0) is 25.2. The second-order valence-corrected chi connectivity index (χ2v) is 9.87. The Morgan fingerprint density at radius 3 is 2.63 bits per heavy atom. The Morgan fingerprint density at radius 1 is 1.26 bits per heavy atom. The number of fused-ring (bicyclic) bond motifs is 1. The van der Waals surface area contributed by atoms with Gasteiger partial charge < -0.3 is 29.1 Å². The van der Waals surface area contributed by atoms with E-state index in [1.54, 1.807) is 17.9 Å². The molecule has 0 aliphatic carbocycles. The molecule has 2 bridgehead atoms. The van der Waals surface area contributed by atoms with E-state index in [0.29, 0.717) is 52.1 Å². The van der Waals surface area contributed by atoms with Gasteiger partial charge in [0.1, 0.15) is 17.6 Å². The van der Waals surface area contributed by atoms with Gasteiger partial charge in [-0.1, -0.05) is 13.0 Å². The van der Waals surface area contributed by atoms with Gasteiger partial charge in [-0.15, -0.1) is 6.58 Å². The molecule has 10 heteroatoms. The lowest BCUT2D eigenvalue weighted by atomic mass is 9.65. The lowest BCUT2D eigenvalue weighted by molar-refractivity contribution is -0.161. The maximum Gasteiger partial charge on any atom is 0.312 e. The highest BCUT2D eigenvalue weighted by molar-refractivity contribution is 5.98. The number of amides is 2. The van der Waals surface area contributed by atoms with Gasteiger partial charge in [0.2, 0.25) is 11.8 Å². The van der Waals surface area contributed by atoms with Crippen molar-refractivity contribution in [1.29, 1.82) is 0 Å². The number of aliphatic hydroxyl groups is 1. The highest BCUT2D eigenvalue weighted by Gasteiger charge is 2.79. The first kappa shape index (κ1) is 26.1. The van der Waals surface area contributed by atoms with E-state index in [0.717, 1.165) is 13.1 Å². The summed E-state index contributed by atoms with van der Waals surface area (Å²) in [6, 6.07) is -0.898. The lowest BCUT2D eigenvalue weighted by Gasteiger charge is -2.37. The lowest BCUT2D eigenvalue weighted by Crippen LogP contribution is -2.57. The van der Waals surface area contributed by atoms with E-state index in [9.17, 15) is 19.5 Å². The van der Waals surface area contributed by atoms with Gasteiger partial charge in [-0.2, -0.15) is 0 Å². The van der Waals surface area contributed by atoms with Crippen molar-refractivity contribution in [3.63, 3.8) is 0 Å². The summed E-state index contributed by atoms with van der Waals surface area (Å²) < 4.78 is 17.5. The molecule has 0 aromatic heterocycles. The van der Waals surface area contributed by atoms with E-state index < -0.39 is 35.0 Å². The van der Waals surface area contributed by atoms with Crippen molar-refractivity contribution in [2.75, 3.05) is 65.7 Å². The molecule has 10 nitrogen and oxygen atoms in total. The number of likely N-dealkylation sites (tertiary alicyclic amines) is 1. The second-order valence-electron chi connectivity index (χ2n) is 9.87. The molecule has 0 aromatic carbocycles. The Hall–Kier alpha value is -2.01. The maximum absolute atomic E-state index is 14.1. The van der Waals surface area contributed by atoms with Gasteiger partial charge in [0, 0.05) is 39.3 Å². The van der Waals surface area contributed by atoms with Gasteiger partial charge >= 0.3 is 5.97 Å². The summed E-state index contributed by atoms with van der Waals surface area (Å²) in [5.74, 6) is -2.52. The highest BCUT2D eigenvalue weighted by Crippen LogP contribution is 2.64. The molecule has 4 rings (SSSR count). The van der Waals surface area contributed by atoms with Gasteiger partial charge in [-0.25, -0.2) is 0 Å². The predicted molar refractivity (Wildman–Crippen MR) is 126 cm³/mol. The van der Waals surface area contributed by atoms with Crippen LogP contribution in [0.2, 0.25) is 0 Å². The predicted octanol–water partition coefficient (Wildman–Crippen LogP) is 0.0434. The monoisotopic (exact) mass is 493 g/mol. The molecule has 4 saturated heterocycles. The molecule has 2 unspecified atom stereocenters. The third kappa shape index (κ3) is 4.28. The van der Waals surface area contributed by atoms with E-state index in [-0.39, 0.29) is 31.6 Å². The van der Waals surface area contributed by atoms with E-state index >= 15 is 0 Å². The van der Waals surface area contributed by atoms with Crippen molar-refractivity contribution in [1.82, 2.24) is 14.7 Å². The fourth-order valence-corrected chi connectivity index (χ4v) is 6.64. The minimum absolute atomic E-state index is 0.0108. The van der Waals surface area contributed by atoms with Crippen molar-refractivity contribution >= 4 is 17.8 Å². The minimum atomic E-state index is -1.10. The zero-order valence-corrected chi connectivity index (χ0v) is 20.9. The number of hydrogen-bond donors (Lipinski definition) is 1. The number of β-amino-alcohol motifs (C(OH)–C–C–N with tert-alkyl or cyclic N) is 1. The molecule has 196 valence electrons. The van der Waals surface area contributed by atoms with Gasteiger partial charge in [-0.3, -0.25) is 19.3 Å². The molecule has 4 fully saturated rings. The van der Waals surface area contributed by atoms with Crippen LogP contribution in [0.25, 0.3) is 0 Å². The van der Waals surface area contributed by atoms with E-state index in [1.807, 2.05) is 6.92 Å². The largest absolute Gasteiger partial charge is 0.466 e. The zero-order valence-electron chi connectivity index (χ0n) is 20.9. The van der Waals surface area contributed by atoms with Crippen molar-refractivity contribution < 1.29 is 33.7 Å². The topological polar surface area (TPSA) is 109 Å². The summed E-state index contributed by atoms with van der Waals surface area (Å²) in [5, 5.41) is 9.76. The van der Waals surface area contributed by atoms with E-state index in [4.69, 9.17) is 14.2 Å². The van der Waals surface area contributed by atoms with Crippen LogP contribution in [0.5, 0.6) is 0 Å². The number of aliphatic hydroxyl groups excluding tert-OH is 1. The molecule has 4 heterocycles. The standard InChI is InChI=1S/C25H39N3O7/c1-4-9-27(11-10-26-13-16-33-17-14-26)22(31)20-25-8-7-24(5-2,35-25)19(23(32)34-6-3)18(25)21(30)28(20)12-15-29/h4,18-20,29H,1,5-17H2,2-3H3/t18-,19+,20?,24-,25?/m0/s1. The molecule has 1 N–H and O–H groups in total. The molecular weight excluding hydrogens is 454 g/mol. The molecule has 0 radical (unpaired) electrons. The van der Waals surface area contributed by atoms with Crippen LogP contribution in [0.1, 0.15) is 33.1 Å².